The molecule has 104 valence electrons. The van der Waals surface area contributed by atoms with Crippen LogP contribution in [0.15, 0.2) is 0 Å². The molecule has 0 aromatic rings. The van der Waals surface area contributed by atoms with Gasteiger partial charge in [-0.3, -0.25) is 4.79 Å². The summed E-state index contributed by atoms with van der Waals surface area (Å²) in [4.78, 5) is 22.6. The van der Waals surface area contributed by atoms with Gasteiger partial charge in [0.25, 0.3) is 0 Å². The topological polar surface area (TPSA) is 87.7 Å². The third-order valence-corrected chi connectivity index (χ3v) is 3.35. The van der Waals surface area contributed by atoms with Crippen LogP contribution in [0.5, 0.6) is 0 Å². The number of ether oxygens (including phenoxy) is 1. The van der Waals surface area contributed by atoms with Crippen molar-refractivity contribution in [2.24, 2.45) is 5.41 Å². The summed E-state index contributed by atoms with van der Waals surface area (Å²) in [7, 11) is 0. The molecule has 0 spiro atoms. The molecule has 0 saturated heterocycles. The van der Waals surface area contributed by atoms with Crippen LogP contribution in [-0.4, -0.2) is 42.9 Å². The monoisotopic (exact) mass is 258 g/mol. The van der Waals surface area contributed by atoms with E-state index in [-0.39, 0.29) is 18.7 Å². The van der Waals surface area contributed by atoms with Crippen LogP contribution in [0.1, 0.15) is 33.1 Å². The van der Waals surface area contributed by atoms with Gasteiger partial charge in [0.2, 0.25) is 0 Å². The van der Waals surface area contributed by atoms with E-state index in [0.29, 0.717) is 26.0 Å². The average molecular weight is 258 g/mol. The number of nitrogens with one attached hydrogen (secondary N) is 2. The minimum Gasteiger partial charge on any atom is -0.481 e. The van der Waals surface area contributed by atoms with E-state index in [1.807, 2.05) is 13.8 Å². The number of carboxylic acids is 1. The molecule has 6 nitrogen and oxygen atoms in total. The number of carboxylic acid groups (broad SMARTS) is 1. The predicted octanol–water partition coefficient (Wildman–Crippen LogP) is 0.965. The molecule has 1 atom stereocenters. The fourth-order valence-corrected chi connectivity index (χ4v) is 1.96. The smallest absolute Gasteiger partial charge is 0.314 e. The molecule has 1 rings (SSSR count). The average Bonchev–Trinajstić information content (AvgIpc) is 2.24. The van der Waals surface area contributed by atoms with Crippen molar-refractivity contribution >= 4 is 12.0 Å². The summed E-state index contributed by atoms with van der Waals surface area (Å²) < 4.78 is 5.27. The molecule has 0 aromatic carbocycles. The van der Waals surface area contributed by atoms with Gasteiger partial charge in [-0.1, -0.05) is 6.42 Å². The summed E-state index contributed by atoms with van der Waals surface area (Å²) >= 11 is 0. The number of carbonyl (C=O) groups is 2. The normalized spacial score (nSPS) is 18.6. The molecule has 3 N–H and O–H groups in total. The molecule has 2 amide bonds. The van der Waals surface area contributed by atoms with Crippen molar-refractivity contribution in [3.05, 3.63) is 0 Å². The molecule has 0 bridgehead atoms. The lowest BCUT2D eigenvalue weighted by Crippen LogP contribution is -2.50. The minimum atomic E-state index is -0.822. The Morgan fingerprint density at radius 1 is 1.39 bits per heavy atom. The van der Waals surface area contributed by atoms with Gasteiger partial charge < -0.3 is 20.5 Å². The van der Waals surface area contributed by atoms with E-state index in [1.54, 1.807) is 0 Å². The Morgan fingerprint density at radius 3 is 2.50 bits per heavy atom. The molecule has 0 radical (unpaired) electrons. The van der Waals surface area contributed by atoms with E-state index in [2.05, 4.69) is 10.6 Å². The highest BCUT2D eigenvalue weighted by Gasteiger charge is 2.44. The lowest BCUT2D eigenvalue weighted by atomic mass is 9.69. The van der Waals surface area contributed by atoms with Crippen LogP contribution in [0, 0.1) is 5.41 Å². The Morgan fingerprint density at radius 2 is 2.06 bits per heavy atom. The van der Waals surface area contributed by atoms with Crippen molar-refractivity contribution in [1.29, 1.82) is 0 Å². The maximum absolute atomic E-state index is 11.5. The van der Waals surface area contributed by atoms with Crippen LogP contribution in [0.25, 0.3) is 0 Å². The van der Waals surface area contributed by atoms with Gasteiger partial charge in [-0.15, -0.1) is 0 Å². The first-order chi connectivity index (χ1) is 8.50. The number of rotatable bonds is 7. The number of carbonyl (C=O) groups excluding carboxylic acids is 1. The fourth-order valence-electron chi connectivity index (χ4n) is 1.96. The third kappa shape index (κ3) is 3.87. The lowest BCUT2D eigenvalue weighted by Gasteiger charge is -2.37. The predicted molar refractivity (Wildman–Crippen MR) is 66.4 cm³/mol. The van der Waals surface area contributed by atoms with Crippen LogP contribution >= 0.6 is 0 Å². The van der Waals surface area contributed by atoms with Crippen LogP contribution < -0.4 is 10.6 Å². The van der Waals surface area contributed by atoms with Crippen molar-refractivity contribution in [1.82, 2.24) is 10.6 Å². The molecule has 1 aliphatic rings. The third-order valence-electron chi connectivity index (χ3n) is 3.35. The Hall–Kier alpha value is -1.30. The highest BCUT2D eigenvalue weighted by Crippen LogP contribution is 2.40. The second kappa shape index (κ2) is 6.58. The molecule has 0 heterocycles. The SMILES string of the molecule is CCOC(C)CNC(=O)NCC1(C(=O)O)CCC1. The Balaban J connectivity index is 2.22. The van der Waals surface area contributed by atoms with Crippen LogP contribution in [0.3, 0.4) is 0 Å². The van der Waals surface area contributed by atoms with Crippen molar-refractivity contribution in [3.63, 3.8) is 0 Å². The number of hydrogen-bond acceptors (Lipinski definition) is 3. The zero-order valence-electron chi connectivity index (χ0n) is 11.0. The summed E-state index contributed by atoms with van der Waals surface area (Å²) in [5, 5.41) is 14.4. The molecule has 1 unspecified atom stereocenters. The van der Waals surface area contributed by atoms with Gasteiger partial charge in [-0.25, -0.2) is 4.79 Å². The van der Waals surface area contributed by atoms with Gasteiger partial charge in [0.1, 0.15) is 0 Å². The second-order valence-electron chi connectivity index (χ2n) is 4.77. The maximum Gasteiger partial charge on any atom is 0.314 e. The molecule has 0 aliphatic heterocycles. The van der Waals surface area contributed by atoms with Gasteiger partial charge >= 0.3 is 12.0 Å². The molecule has 1 fully saturated rings. The summed E-state index contributed by atoms with van der Waals surface area (Å²) in [5.74, 6) is -0.822. The first-order valence-corrected chi connectivity index (χ1v) is 6.37. The summed E-state index contributed by atoms with van der Waals surface area (Å²) in [6.45, 7) is 4.97. The Bertz CT molecular complexity index is 302. The zero-order chi connectivity index (χ0) is 13.6. The minimum absolute atomic E-state index is 0.0436. The number of hydrogen-bond donors (Lipinski definition) is 3. The molecule has 1 saturated carbocycles. The van der Waals surface area contributed by atoms with Crippen molar-refractivity contribution in [2.75, 3.05) is 19.7 Å². The van der Waals surface area contributed by atoms with E-state index in [4.69, 9.17) is 9.84 Å². The van der Waals surface area contributed by atoms with Gasteiger partial charge in [0.05, 0.1) is 11.5 Å². The second-order valence-corrected chi connectivity index (χ2v) is 4.77. The van der Waals surface area contributed by atoms with Gasteiger partial charge in [-0.05, 0) is 26.7 Å². The van der Waals surface area contributed by atoms with Crippen molar-refractivity contribution in [2.45, 2.75) is 39.2 Å². The first-order valence-electron chi connectivity index (χ1n) is 6.37. The molecule has 6 heteroatoms. The van der Waals surface area contributed by atoms with E-state index < -0.39 is 11.4 Å². The highest BCUT2D eigenvalue weighted by atomic mass is 16.5. The van der Waals surface area contributed by atoms with Crippen molar-refractivity contribution in [3.8, 4) is 0 Å². The van der Waals surface area contributed by atoms with Gasteiger partial charge in [0, 0.05) is 19.7 Å². The first kappa shape index (κ1) is 14.8. The number of urea groups is 1. The van der Waals surface area contributed by atoms with Crippen molar-refractivity contribution < 1.29 is 19.4 Å². The molecular weight excluding hydrogens is 236 g/mol. The fraction of sp³-hybridized carbons (Fsp3) is 0.833. The number of aliphatic carboxylic acids is 1. The Kier molecular flexibility index (Phi) is 5.40. The quantitative estimate of drug-likeness (QED) is 0.635. The van der Waals surface area contributed by atoms with E-state index in [0.717, 1.165) is 6.42 Å². The largest absolute Gasteiger partial charge is 0.481 e. The summed E-state index contributed by atoms with van der Waals surface area (Å²) in [6, 6.07) is -0.339. The zero-order valence-corrected chi connectivity index (χ0v) is 11.0. The summed E-state index contributed by atoms with van der Waals surface area (Å²) in [5.41, 5.74) is -0.747. The maximum atomic E-state index is 11.5. The van der Waals surface area contributed by atoms with E-state index in [9.17, 15) is 9.59 Å². The highest BCUT2D eigenvalue weighted by molar-refractivity contribution is 5.78. The van der Waals surface area contributed by atoms with Gasteiger partial charge in [-0.2, -0.15) is 0 Å². The van der Waals surface area contributed by atoms with Gasteiger partial charge in [0.15, 0.2) is 0 Å². The van der Waals surface area contributed by atoms with Crippen LogP contribution in [0.4, 0.5) is 4.79 Å². The summed E-state index contributed by atoms with van der Waals surface area (Å²) in [6.07, 6.45) is 2.14. The Labute approximate surface area is 107 Å². The van der Waals surface area contributed by atoms with E-state index in [1.165, 1.54) is 0 Å². The molecular formula is C12H22N2O4. The van der Waals surface area contributed by atoms with E-state index >= 15 is 0 Å². The number of amides is 2. The molecule has 18 heavy (non-hydrogen) atoms. The molecule has 1 aliphatic carbocycles. The van der Waals surface area contributed by atoms with Crippen LogP contribution in [0.2, 0.25) is 0 Å². The standard InChI is InChI=1S/C12H22N2O4/c1-3-18-9(2)7-13-11(17)14-8-12(10(15)16)5-4-6-12/h9H,3-8H2,1-2H3,(H,15,16)(H2,13,14,17). The molecule has 0 aromatic heterocycles. The lowest BCUT2D eigenvalue weighted by molar-refractivity contribution is -0.153. The van der Waals surface area contributed by atoms with Crippen LogP contribution in [-0.2, 0) is 9.53 Å².